The Labute approximate surface area is 149 Å². The number of hydrogen-bond acceptors (Lipinski definition) is 6. The molecule has 0 aliphatic carbocycles. The van der Waals surface area contributed by atoms with Crippen LogP contribution < -0.4 is 9.64 Å². The Kier molecular flexibility index (Phi) is 5.09. The number of rotatable bonds is 3. The van der Waals surface area contributed by atoms with Crippen LogP contribution >= 0.6 is 0 Å². The molecule has 0 amide bonds. The molecule has 0 bridgehead atoms. The number of pyridine rings is 1. The molecule has 0 spiro atoms. The molecular weight excluding hydrogens is 342 g/mol. The molecule has 1 saturated heterocycles. The number of aromatic nitrogens is 1. The number of nitriles is 1. The first kappa shape index (κ1) is 17.8. The Hall–Kier alpha value is -3.05. The van der Waals surface area contributed by atoms with Gasteiger partial charge < -0.3 is 14.5 Å². The van der Waals surface area contributed by atoms with E-state index in [0.717, 1.165) is 44.1 Å². The summed E-state index contributed by atoms with van der Waals surface area (Å²) in [6, 6.07) is 6.27. The van der Waals surface area contributed by atoms with E-state index >= 15 is 0 Å². The molecule has 1 aliphatic rings. The van der Waals surface area contributed by atoms with E-state index in [1.165, 1.54) is 12.3 Å². The number of halogens is 2. The van der Waals surface area contributed by atoms with E-state index in [-0.39, 0.29) is 11.3 Å². The molecule has 6 nitrogen and oxygen atoms in total. The molecule has 0 atom stereocenters. The third kappa shape index (κ3) is 3.78. The quantitative estimate of drug-likeness (QED) is 0.619. The van der Waals surface area contributed by atoms with Crippen molar-refractivity contribution in [3.63, 3.8) is 0 Å². The van der Waals surface area contributed by atoms with Crippen molar-refractivity contribution in [2.24, 2.45) is 0 Å². The number of nitrogens with zero attached hydrogens (tertiary/aromatic N) is 4. The summed E-state index contributed by atoms with van der Waals surface area (Å²) in [6.45, 7) is 3.55. The summed E-state index contributed by atoms with van der Waals surface area (Å²) in [4.78, 5) is 20.7. The van der Waals surface area contributed by atoms with E-state index in [1.54, 1.807) is 12.1 Å². The van der Waals surface area contributed by atoms with E-state index in [4.69, 9.17) is 10.00 Å². The van der Waals surface area contributed by atoms with Gasteiger partial charge in [-0.25, -0.2) is 18.6 Å². The van der Waals surface area contributed by atoms with Crippen LogP contribution in [0.1, 0.15) is 15.9 Å². The van der Waals surface area contributed by atoms with Crippen molar-refractivity contribution >= 4 is 11.8 Å². The molecule has 0 unspecified atom stereocenters. The van der Waals surface area contributed by atoms with E-state index in [1.807, 2.05) is 0 Å². The Morgan fingerprint density at radius 2 is 1.85 bits per heavy atom. The monoisotopic (exact) mass is 358 g/mol. The van der Waals surface area contributed by atoms with Gasteiger partial charge in [0.25, 0.3) is 0 Å². The number of esters is 1. The predicted molar refractivity (Wildman–Crippen MR) is 90.0 cm³/mol. The van der Waals surface area contributed by atoms with Crippen LogP contribution in [0, 0.1) is 23.0 Å². The summed E-state index contributed by atoms with van der Waals surface area (Å²) in [5, 5.41) is 8.65. The predicted octanol–water partition coefficient (Wildman–Crippen LogP) is 2.20. The Morgan fingerprint density at radius 1 is 1.19 bits per heavy atom. The molecule has 1 aliphatic heterocycles. The highest BCUT2D eigenvalue weighted by molar-refractivity contribution is 5.90. The van der Waals surface area contributed by atoms with Gasteiger partial charge in [0.15, 0.2) is 0 Å². The van der Waals surface area contributed by atoms with Crippen LogP contribution in [0.3, 0.4) is 0 Å². The minimum Gasteiger partial charge on any atom is -0.423 e. The van der Waals surface area contributed by atoms with Crippen molar-refractivity contribution in [3.8, 4) is 11.8 Å². The molecule has 8 heteroatoms. The van der Waals surface area contributed by atoms with E-state index in [2.05, 4.69) is 21.8 Å². The van der Waals surface area contributed by atoms with Crippen molar-refractivity contribution in [2.75, 3.05) is 38.1 Å². The summed E-state index contributed by atoms with van der Waals surface area (Å²) in [5.41, 5.74) is -0.559. The Morgan fingerprint density at radius 3 is 2.38 bits per heavy atom. The molecule has 26 heavy (non-hydrogen) atoms. The fourth-order valence-corrected chi connectivity index (χ4v) is 2.61. The Bertz CT molecular complexity index is 833. The maximum absolute atomic E-state index is 13.6. The smallest absolute Gasteiger partial charge is 0.345 e. The lowest BCUT2D eigenvalue weighted by atomic mass is 10.2. The zero-order chi connectivity index (χ0) is 18.7. The molecule has 134 valence electrons. The third-order valence-corrected chi connectivity index (χ3v) is 4.15. The molecule has 1 aromatic heterocycles. The van der Waals surface area contributed by atoms with Crippen molar-refractivity contribution in [3.05, 3.63) is 53.2 Å². The highest BCUT2D eigenvalue weighted by atomic mass is 19.1. The number of piperazine rings is 1. The van der Waals surface area contributed by atoms with E-state index in [9.17, 15) is 13.6 Å². The maximum atomic E-state index is 13.6. The van der Waals surface area contributed by atoms with Crippen LogP contribution in [0.5, 0.6) is 5.75 Å². The largest absolute Gasteiger partial charge is 0.423 e. The van der Waals surface area contributed by atoms with E-state index in [0.29, 0.717) is 0 Å². The Balaban J connectivity index is 1.70. The minimum absolute atomic E-state index is 0.160. The van der Waals surface area contributed by atoms with E-state index < -0.39 is 23.2 Å². The van der Waals surface area contributed by atoms with Crippen molar-refractivity contribution < 1.29 is 18.3 Å². The maximum Gasteiger partial charge on any atom is 0.345 e. The second-order valence-electron chi connectivity index (χ2n) is 5.96. The molecule has 3 rings (SSSR count). The summed E-state index contributed by atoms with van der Waals surface area (Å²) < 4.78 is 32.1. The van der Waals surface area contributed by atoms with Crippen molar-refractivity contribution in [2.45, 2.75) is 0 Å². The van der Waals surface area contributed by atoms with Gasteiger partial charge >= 0.3 is 5.97 Å². The summed E-state index contributed by atoms with van der Waals surface area (Å²) >= 11 is 0. The van der Waals surface area contributed by atoms with Crippen molar-refractivity contribution in [1.82, 2.24) is 9.88 Å². The number of hydrogen-bond donors (Lipinski definition) is 0. The number of benzene rings is 1. The van der Waals surface area contributed by atoms with Gasteiger partial charge in [-0.15, -0.1) is 0 Å². The summed E-state index contributed by atoms with van der Waals surface area (Å²) in [5.74, 6) is -2.51. The van der Waals surface area contributed by atoms with Crippen LogP contribution in [0.4, 0.5) is 14.6 Å². The molecule has 1 fully saturated rings. The number of anilines is 1. The number of carbonyl (C=O) groups excluding carboxylic acids is 1. The topological polar surface area (TPSA) is 69.5 Å². The first-order valence-electron chi connectivity index (χ1n) is 7.99. The molecule has 0 N–H and O–H groups in total. The van der Waals surface area contributed by atoms with Crippen LogP contribution in [0.15, 0.2) is 30.5 Å². The van der Waals surface area contributed by atoms with Gasteiger partial charge in [0.1, 0.15) is 34.8 Å². The highest BCUT2D eigenvalue weighted by Crippen LogP contribution is 2.21. The van der Waals surface area contributed by atoms with Crippen LogP contribution in [0.25, 0.3) is 0 Å². The normalized spacial score (nSPS) is 14.8. The second-order valence-corrected chi connectivity index (χ2v) is 5.96. The number of ether oxygens (including phenoxy) is 1. The SMILES string of the molecule is CN1CCN(c2ccc(C(=O)Oc3cc(F)c(C#N)c(F)c3)cn2)CC1. The van der Waals surface area contributed by atoms with Gasteiger partial charge in [0, 0.05) is 44.5 Å². The first-order valence-corrected chi connectivity index (χ1v) is 7.99. The fraction of sp³-hybridized carbons (Fsp3) is 0.278. The zero-order valence-corrected chi connectivity index (χ0v) is 14.1. The lowest BCUT2D eigenvalue weighted by Crippen LogP contribution is -2.44. The first-order chi connectivity index (χ1) is 12.5. The van der Waals surface area contributed by atoms with Crippen molar-refractivity contribution in [1.29, 1.82) is 5.26 Å². The van der Waals surface area contributed by atoms with Gasteiger partial charge in [0.2, 0.25) is 0 Å². The standard InChI is InChI=1S/C18H16F2N4O2/c1-23-4-6-24(7-5-23)17-3-2-12(11-22-17)18(25)26-13-8-15(19)14(10-21)16(20)9-13/h2-3,8-9,11H,4-7H2,1H3. The van der Waals surface area contributed by atoms with Gasteiger partial charge in [0.05, 0.1) is 5.56 Å². The number of carbonyl (C=O) groups is 1. The molecular formula is C18H16F2N4O2. The highest BCUT2D eigenvalue weighted by Gasteiger charge is 2.17. The average molecular weight is 358 g/mol. The summed E-state index contributed by atoms with van der Waals surface area (Å²) in [7, 11) is 2.05. The number of likely N-dealkylation sites (N-methyl/N-ethyl adjacent to an activating group) is 1. The summed E-state index contributed by atoms with van der Waals surface area (Å²) in [6.07, 6.45) is 1.37. The van der Waals surface area contributed by atoms with Gasteiger partial charge in [-0.1, -0.05) is 0 Å². The second kappa shape index (κ2) is 7.45. The van der Waals surface area contributed by atoms with Crippen LogP contribution in [-0.4, -0.2) is 49.1 Å². The molecule has 2 heterocycles. The fourth-order valence-electron chi connectivity index (χ4n) is 2.61. The molecule has 0 radical (unpaired) electrons. The lowest BCUT2D eigenvalue weighted by molar-refractivity contribution is 0.0733. The van der Waals surface area contributed by atoms with Gasteiger partial charge in [-0.3, -0.25) is 0 Å². The van der Waals surface area contributed by atoms with Gasteiger partial charge in [-0.2, -0.15) is 5.26 Å². The minimum atomic E-state index is -1.08. The van der Waals surface area contributed by atoms with Crippen LogP contribution in [0.2, 0.25) is 0 Å². The third-order valence-electron chi connectivity index (χ3n) is 4.15. The molecule has 1 aromatic carbocycles. The average Bonchev–Trinajstić information content (AvgIpc) is 2.62. The lowest BCUT2D eigenvalue weighted by Gasteiger charge is -2.33. The van der Waals surface area contributed by atoms with Crippen LogP contribution in [-0.2, 0) is 0 Å². The zero-order valence-electron chi connectivity index (χ0n) is 14.1. The van der Waals surface area contributed by atoms with Gasteiger partial charge in [-0.05, 0) is 19.2 Å². The molecule has 0 saturated carbocycles. The molecule has 2 aromatic rings.